The molecule has 56 valence electrons. The second-order valence-corrected chi connectivity index (χ2v) is 1.79. The molecule has 0 aromatic carbocycles. The summed E-state index contributed by atoms with van der Waals surface area (Å²) < 4.78 is 1.13. The van der Waals surface area contributed by atoms with E-state index in [1.54, 1.807) is 6.07 Å². The minimum atomic E-state index is -1.20. The van der Waals surface area contributed by atoms with Gasteiger partial charge in [0.25, 0.3) is 0 Å². The number of carboxylic acid groups (broad SMARTS) is 1. The summed E-state index contributed by atoms with van der Waals surface area (Å²) in [6.07, 6.45) is 0.254. The fraction of sp³-hybridized carbons (Fsp3) is 0. The second-order valence-electron chi connectivity index (χ2n) is 1.79. The van der Waals surface area contributed by atoms with Crippen LogP contribution < -0.4 is 5.43 Å². The normalized spacial score (nSPS) is 8.64. The lowest BCUT2D eigenvalue weighted by Crippen LogP contribution is -2.20. The Bertz CT molecular complexity index is 310. The largest absolute Gasteiger partial charge is 0.464 e. The lowest BCUT2D eigenvalue weighted by molar-refractivity contribution is 0.206. The summed E-state index contributed by atoms with van der Waals surface area (Å²) in [4.78, 5) is 10.1. The van der Waals surface area contributed by atoms with Crippen molar-refractivity contribution in [3.8, 4) is 6.07 Å². The first kappa shape index (κ1) is 7.15. The Morgan fingerprint density at radius 2 is 2.55 bits per heavy atom. The Balaban J connectivity index is 2.87. The van der Waals surface area contributed by atoms with Crippen LogP contribution in [0.5, 0.6) is 0 Å². The number of rotatable bonds is 1. The molecule has 0 bridgehead atoms. The first-order valence-electron chi connectivity index (χ1n) is 2.81. The van der Waals surface area contributed by atoms with Crippen molar-refractivity contribution >= 4 is 6.09 Å². The quantitative estimate of drug-likeness (QED) is 0.616. The lowest BCUT2D eigenvalue weighted by atomic mass is 10.5. The van der Waals surface area contributed by atoms with Gasteiger partial charge in [0.2, 0.25) is 0 Å². The van der Waals surface area contributed by atoms with Gasteiger partial charge in [-0.3, -0.25) is 0 Å². The van der Waals surface area contributed by atoms with Crippen molar-refractivity contribution in [2.24, 2.45) is 0 Å². The summed E-state index contributed by atoms with van der Waals surface area (Å²) in [7, 11) is 0. The van der Waals surface area contributed by atoms with E-state index in [0.29, 0.717) is 0 Å². The van der Waals surface area contributed by atoms with Crippen molar-refractivity contribution in [2.45, 2.75) is 0 Å². The molecule has 1 amide bonds. The number of nitrogens with zero attached hydrogens (tertiary/aromatic N) is 2. The zero-order chi connectivity index (χ0) is 8.27. The van der Waals surface area contributed by atoms with Gasteiger partial charge in [-0.15, -0.1) is 0 Å². The lowest BCUT2D eigenvalue weighted by Gasteiger charge is -2.00. The molecular weight excluding hydrogens is 146 g/mol. The van der Waals surface area contributed by atoms with Gasteiger partial charge in [-0.1, -0.05) is 0 Å². The van der Waals surface area contributed by atoms with Crippen LogP contribution in [0.1, 0.15) is 5.69 Å². The minimum Gasteiger partial charge on any atom is -0.464 e. The Morgan fingerprint density at radius 1 is 1.82 bits per heavy atom. The molecule has 2 N–H and O–H groups in total. The number of nitrogens with one attached hydrogen (secondary N) is 1. The highest BCUT2D eigenvalue weighted by atomic mass is 16.4. The van der Waals surface area contributed by atoms with E-state index in [2.05, 4.69) is 0 Å². The molecule has 0 radical (unpaired) electrons. The zero-order valence-electron chi connectivity index (χ0n) is 5.48. The molecule has 5 nitrogen and oxygen atoms in total. The maximum Gasteiger partial charge on any atom is 0.423 e. The molecule has 1 aromatic rings. The van der Waals surface area contributed by atoms with E-state index >= 15 is 0 Å². The van der Waals surface area contributed by atoms with Gasteiger partial charge in [0.1, 0.15) is 11.8 Å². The third-order valence-electron chi connectivity index (χ3n) is 1.08. The molecule has 11 heavy (non-hydrogen) atoms. The van der Waals surface area contributed by atoms with Gasteiger partial charge in [0.05, 0.1) is 0 Å². The van der Waals surface area contributed by atoms with Gasteiger partial charge in [0, 0.05) is 6.20 Å². The van der Waals surface area contributed by atoms with E-state index in [1.807, 2.05) is 11.5 Å². The van der Waals surface area contributed by atoms with Crippen molar-refractivity contribution in [3.05, 3.63) is 24.0 Å². The number of hydrogen-bond donors (Lipinski definition) is 2. The van der Waals surface area contributed by atoms with Gasteiger partial charge in [0.15, 0.2) is 0 Å². The third kappa shape index (κ3) is 1.49. The van der Waals surface area contributed by atoms with Crippen LogP contribution in [0, 0.1) is 11.3 Å². The molecule has 0 aliphatic carbocycles. The van der Waals surface area contributed by atoms with Crippen molar-refractivity contribution < 1.29 is 9.90 Å². The van der Waals surface area contributed by atoms with Crippen molar-refractivity contribution in [1.29, 1.82) is 5.26 Å². The molecule has 0 aliphatic heterocycles. The summed E-state index contributed by atoms with van der Waals surface area (Å²) in [5.41, 5.74) is 2.27. The highest BCUT2D eigenvalue weighted by Crippen LogP contribution is 1.96. The molecule has 5 heteroatoms. The Morgan fingerprint density at radius 3 is 3.09 bits per heavy atom. The van der Waals surface area contributed by atoms with Crippen LogP contribution in [0.2, 0.25) is 0 Å². The maximum atomic E-state index is 10.1. The molecular formula is C6H5N3O2. The van der Waals surface area contributed by atoms with Gasteiger partial charge >= 0.3 is 6.09 Å². The van der Waals surface area contributed by atoms with Gasteiger partial charge in [-0.2, -0.15) is 5.26 Å². The fourth-order valence-corrected chi connectivity index (χ4v) is 0.673. The molecule has 1 heterocycles. The summed E-state index contributed by atoms with van der Waals surface area (Å²) in [5.74, 6) is 0. The monoisotopic (exact) mass is 151 g/mol. The van der Waals surface area contributed by atoms with Crippen LogP contribution in [0.15, 0.2) is 18.3 Å². The van der Waals surface area contributed by atoms with Crippen LogP contribution in [0.25, 0.3) is 0 Å². The summed E-state index contributed by atoms with van der Waals surface area (Å²) in [6, 6.07) is 4.91. The molecule has 0 unspecified atom stereocenters. The number of amides is 1. The standard InChI is InChI=1S/C6H5N3O2/c7-4-5-2-1-3-9(5)8-6(10)11/h1-3,8H,(H,10,11). The second kappa shape index (κ2) is 2.75. The van der Waals surface area contributed by atoms with Gasteiger partial charge < -0.3 is 5.11 Å². The smallest absolute Gasteiger partial charge is 0.423 e. The van der Waals surface area contributed by atoms with Crippen molar-refractivity contribution in [1.82, 2.24) is 4.68 Å². The van der Waals surface area contributed by atoms with Crippen LogP contribution in [-0.4, -0.2) is 15.9 Å². The van der Waals surface area contributed by atoms with Crippen LogP contribution in [0.3, 0.4) is 0 Å². The average Bonchev–Trinajstić information content (AvgIpc) is 2.34. The Labute approximate surface area is 62.4 Å². The molecule has 0 aliphatic rings. The van der Waals surface area contributed by atoms with Crippen LogP contribution in [0.4, 0.5) is 4.79 Å². The highest BCUT2D eigenvalue weighted by molar-refractivity contribution is 5.73. The molecule has 0 saturated heterocycles. The summed E-state index contributed by atoms with van der Waals surface area (Å²) in [5, 5.41) is 16.7. The number of aromatic nitrogens is 1. The minimum absolute atomic E-state index is 0.257. The SMILES string of the molecule is N#Cc1cccn1NC(=O)O. The Hall–Kier alpha value is -1.96. The number of carbonyl (C=O) groups is 1. The van der Waals surface area contributed by atoms with Crippen LogP contribution >= 0.6 is 0 Å². The topological polar surface area (TPSA) is 78.0 Å². The molecule has 0 atom stereocenters. The van der Waals surface area contributed by atoms with E-state index in [9.17, 15) is 4.79 Å². The average molecular weight is 151 g/mol. The van der Waals surface area contributed by atoms with Gasteiger partial charge in [-0.25, -0.2) is 14.9 Å². The number of hydrogen-bond acceptors (Lipinski definition) is 2. The fourth-order valence-electron chi connectivity index (χ4n) is 0.673. The molecule has 0 saturated carbocycles. The molecule has 0 spiro atoms. The van der Waals surface area contributed by atoms with Crippen molar-refractivity contribution in [2.75, 3.05) is 5.43 Å². The van der Waals surface area contributed by atoms with E-state index in [1.165, 1.54) is 12.3 Å². The predicted octanol–water partition coefficient (Wildman–Crippen LogP) is 0.581. The predicted molar refractivity (Wildman–Crippen MR) is 36.5 cm³/mol. The number of nitriles is 1. The molecule has 0 fully saturated rings. The highest BCUT2D eigenvalue weighted by Gasteiger charge is 2.00. The molecule has 1 rings (SSSR count). The van der Waals surface area contributed by atoms with Crippen LogP contribution in [-0.2, 0) is 0 Å². The summed E-state index contributed by atoms with van der Waals surface area (Å²) >= 11 is 0. The van der Waals surface area contributed by atoms with E-state index in [0.717, 1.165) is 4.68 Å². The van der Waals surface area contributed by atoms with E-state index in [-0.39, 0.29) is 5.69 Å². The van der Waals surface area contributed by atoms with E-state index < -0.39 is 6.09 Å². The Kier molecular flexibility index (Phi) is 1.79. The van der Waals surface area contributed by atoms with E-state index in [4.69, 9.17) is 10.4 Å². The summed E-state index contributed by atoms with van der Waals surface area (Å²) in [6.45, 7) is 0. The van der Waals surface area contributed by atoms with Crippen molar-refractivity contribution in [3.63, 3.8) is 0 Å². The maximum absolute atomic E-state index is 10.1. The first-order chi connectivity index (χ1) is 5.24. The van der Waals surface area contributed by atoms with Gasteiger partial charge in [-0.05, 0) is 12.1 Å². The first-order valence-corrected chi connectivity index (χ1v) is 2.81. The zero-order valence-corrected chi connectivity index (χ0v) is 5.48. The third-order valence-corrected chi connectivity index (χ3v) is 1.08. The molecule has 1 aromatic heterocycles.